The highest BCUT2D eigenvalue weighted by Gasteiger charge is 2.28. The molecular weight excluding hydrogens is 298 g/mol. The Balaban J connectivity index is 1.75. The summed E-state index contributed by atoms with van der Waals surface area (Å²) < 4.78 is 0. The fraction of sp³-hybridized carbons (Fsp3) is 0.294. The molecule has 1 aromatic heterocycles. The van der Waals surface area contributed by atoms with E-state index in [1.54, 1.807) is 18.3 Å². The van der Waals surface area contributed by atoms with E-state index in [1.165, 1.54) is 0 Å². The minimum Gasteiger partial charge on any atom is -0.317 e. The SMILES string of the molecule is O=C(Nc1ccc(Cl)cc1)N1CCCC[C@@H]1c1cccnc1. The van der Waals surface area contributed by atoms with Gasteiger partial charge in [-0.25, -0.2) is 4.79 Å². The first-order valence-electron chi connectivity index (χ1n) is 7.47. The largest absolute Gasteiger partial charge is 0.322 e. The molecule has 1 aliphatic rings. The van der Waals surface area contributed by atoms with Gasteiger partial charge in [0.2, 0.25) is 0 Å². The maximum atomic E-state index is 12.6. The Bertz CT molecular complexity index is 630. The van der Waals surface area contributed by atoms with Crippen LogP contribution < -0.4 is 5.32 Å². The van der Waals surface area contributed by atoms with E-state index >= 15 is 0 Å². The monoisotopic (exact) mass is 315 g/mol. The summed E-state index contributed by atoms with van der Waals surface area (Å²) in [5.74, 6) is 0. The van der Waals surface area contributed by atoms with Crippen molar-refractivity contribution in [2.45, 2.75) is 25.3 Å². The number of benzene rings is 1. The fourth-order valence-corrected chi connectivity index (χ4v) is 2.95. The van der Waals surface area contributed by atoms with Crippen molar-refractivity contribution < 1.29 is 4.79 Å². The van der Waals surface area contributed by atoms with Crippen molar-refractivity contribution in [1.82, 2.24) is 9.88 Å². The lowest BCUT2D eigenvalue weighted by atomic mass is 9.97. The zero-order chi connectivity index (χ0) is 15.4. The van der Waals surface area contributed by atoms with Gasteiger partial charge in [0.1, 0.15) is 0 Å². The average Bonchev–Trinajstić information content (AvgIpc) is 2.58. The summed E-state index contributed by atoms with van der Waals surface area (Å²) in [5, 5.41) is 3.60. The number of amides is 2. The molecule has 1 atom stereocenters. The Labute approximate surface area is 135 Å². The molecule has 5 heteroatoms. The van der Waals surface area contributed by atoms with Crippen LogP contribution in [0.2, 0.25) is 5.02 Å². The van der Waals surface area contributed by atoms with Crippen molar-refractivity contribution in [1.29, 1.82) is 0 Å². The summed E-state index contributed by atoms with van der Waals surface area (Å²) in [6, 6.07) is 11.1. The lowest BCUT2D eigenvalue weighted by molar-refractivity contribution is 0.163. The molecule has 1 fully saturated rings. The van der Waals surface area contributed by atoms with Gasteiger partial charge in [0, 0.05) is 29.6 Å². The van der Waals surface area contributed by atoms with Crippen LogP contribution in [0.5, 0.6) is 0 Å². The number of halogens is 1. The predicted octanol–water partition coefficient (Wildman–Crippen LogP) is 4.49. The van der Waals surface area contributed by atoms with Crippen LogP contribution in [-0.4, -0.2) is 22.5 Å². The van der Waals surface area contributed by atoms with Gasteiger partial charge in [0.15, 0.2) is 0 Å². The first-order valence-corrected chi connectivity index (χ1v) is 7.85. The van der Waals surface area contributed by atoms with Gasteiger partial charge >= 0.3 is 6.03 Å². The Morgan fingerprint density at radius 3 is 2.77 bits per heavy atom. The van der Waals surface area contributed by atoms with Crippen LogP contribution in [0, 0.1) is 0 Å². The maximum absolute atomic E-state index is 12.6. The number of rotatable bonds is 2. The molecule has 1 aliphatic heterocycles. The van der Waals surface area contributed by atoms with Crippen LogP contribution in [0.25, 0.3) is 0 Å². The lowest BCUT2D eigenvalue weighted by Crippen LogP contribution is -2.41. The molecule has 4 nitrogen and oxygen atoms in total. The number of carbonyl (C=O) groups is 1. The molecule has 0 unspecified atom stereocenters. The third-order valence-corrected chi connectivity index (χ3v) is 4.18. The van der Waals surface area contributed by atoms with Crippen LogP contribution in [0.15, 0.2) is 48.8 Å². The number of carbonyl (C=O) groups excluding carboxylic acids is 1. The zero-order valence-corrected chi connectivity index (χ0v) is 13.0. The van der Waals surface area contributed by atoms with Gasteiger partial charge in [-0.3, -0.25) is 4.98 Å². The summed E-state index contributed by atoms with van der Waals surface area (Å²) in [4.78, 5) is 18.7. The van der Waals surface area contributed by atoms with Gasteiger partial charge in [-0.2, -0.15) is 0 Å². The summed E-state index contributed by atoms with van der Waals surface area (Å²) in [6.45, 7) is 0.763. The quantitative estimate of drug-likeness (QED) is 0.887. The molecule has 1 aromatic carbocycles. The number of piperidine rings is 1. The highest BCUT2D eigenvalue weighted by Crippen LogP contribution is 2.31. The average molecular weight is 316 g/mol. The number of anilines is 1. The van der Waals surface area contributed by atoms with Gasteiger partial charge in [-0.1, -0.05) is 17.7 Å². The summed E-state index contributed by atoms with van der Waals surface area (Å²) in [6.07, 6.45) is 6.73. The fourth-order valence-electron chi connectivity index (χ4n) is 2.82. The summed E-state index contributed by atoms with van der Waals surface area (Å²) in [7, 11) is 0. The van der Waals surface area contributed by atoms with E-state index in [1.807, 2.05) is 35.4 Å². The molecule has 2 heterocycles. The number of urea groups is 1. The van der Waals surface area contributed by atoms with Crippen molar-refractivity contribution in [3.8, 4) is 0 Å². The first kappa shape index (κ1) is 14.9. The van der Waals surface area contributed by atoms with Crippen LogP contribution in [0.4, 0.5) is 10.5 Å². The smallest absolute Gasteiger partial charge is 0.317 e. The van der Waals surface area contributed by atoms with Crippen LogP contribution in [-0.2, 0) is 0 Å². The van der Waals surface area contributed by atoms with Gasteiger partial charge in [0.05, 0.1) is 6.04 Å². The second kappa shape index (κ2) is 6.79. The topological polar surface area (TPSA) is 45.2 Å². The number of hydrogen-bond donors (Lipinski definition) is 1. The Kier molecular flexibility index (Phi) is 4.59. The minimum atomic E-state index is -0.0733. The minimum absolute atomic E-state index is 0.0733. The van der Waals surface area contributed by atoms with Gasteiger partial charge in [0.25, 0.3) is 0 Å². The van der Waals surface area contributed by atoms with Crippen LogP contribution >= 0.6 is 11.6 Å². The van der Waals surface area contributed by atoms with E-state index in [0.717, 1.165) is 37.1 Å². The van der Waals surface area contributed by atoms with Gasteiger partial charge < -0.3 is 10.2 Å². The molecule has 22 heavy (non-hydrogen) atoms. The normalized spacial score (nSPS) is 18.0. The van der Waals surface area contributed by atoms with Crippen molar-refractivity contribution in [3.63, 3.8) is 0 Å². The van der Waals surface area contributed by atoms with Crippen LogP contribution in [0.1, 0.15) is 30.9 Å². The van der Waals surface area contributed by atoms with Crippen molar-refractivity contribution in [3.05, 3.63) is 59.4 Å². The van der Waals surface area contributed by atoms with E-state index in [2.05, 4.69) is 10.3 Å². The summed E-state index contributed by atoms with van der Waals surface area (Å²) >= 11 is 5.87. The molecule has 3 rings (SSSR count). The number of likely N-dealkylation sites (tertiary alicyclic amines) is 1. The van der Waals surface area contributed by atoms with E-state index in [0.29, 0.717) is 5.02 Å². The molecule has 0 radical (unpaired) electrons. The number of pyridine rings is 1. The second-order valence-electron chi connectivity index (χ2n) is 5.43. The van der Waals surface area contributed by atoms with Crippen molar-refractivity contribution in [2.24, 2.45) is 0 Å². The molecule has 0 aliphatic carbocycles. The van der Waals surface area contributed by atoms with Crippen LogP contribution in [0.3, 0.4) is 0 Å². The third kappa shape index (κ3) is 3.39. The second-order valence-corrected chi connectivity index (χ2v) is 5.86. The molecule has 0 spiro atoms. The lowest BCUT2D eigenvalue weighted by Gasteiger charge is -2.35. The number of hydrogen-bond acceptors (Lipinski definition) is 2. The molecule has 1 N–H and O–H groups in total. The Morgan fingerprint density at radius 1 is 1.23 bits per heavy atom. The molecule has 0 saturated carbocycles. The predicted molar refractivity (Wildman–Crippen MR) is 88.0 cm³/mol. The number of nitrogens with zero attached hydrogens (tertiary/aromatic N) is 2. The maximum Gasteiger partial charge on any atom is 0.322 e. The molecule has 0 bridgehead atoms. The van der Waals surface area contributed by atoms with E-state index in [9.17, 15) is 4.79 Å². The Hall–Kier alpha value is -2.07. The highest BCUT2D eigenvalue weighted by molar-refractivity contribution is 6.30. The molecule has 1 saturated heterocycles. The molecule has 2 amide bonds. The molecular formula is C17H18ClN3O. The number of nitrogens with one attached hydrogen (secondary N) is 1. The zero-order valence-electron chi connectivity index (χ0n) is 12.2. The van der Waals surface area contributed by atoms with E-state index in [4.69, 9.17) is 11.6 Å². The number of aromatic nitrogens is 1. The standard InChI is InChI=1S/C17H18ClN3O/c18-14-6-8-15(9-7-14)20-17(22)21-11-2-1-5-16(21)13-4-3-10-19-12-13/h3-4,6-10,12,16H,1-2,5,11H2,(H,20,22)/t16-/m1/s1. The molecule has 2 aromatic rings. The first-order chi connectivity index (χ1) is 10.7. The van der Waals surface area contributed by atoms with E-state index in [-0.39, 0.29) is 12.1 Å². The third-order valence-electron chi connectivity index (χ3n) is 3.93. The van der Waals surface area contributed by atoms with Crippen molar-refractivity contribution in [2.75, 3.05) is 11.9 Å². The van der Waals surface area contributed by atoms with Gasteiger partial charge in [-0.15, -0.1) is 0 Å². The van der Waals surface area contributed by atoms with Gasteiger partial charge in [-0.05, 0) is 55.2 Å². The molecule has 114 valence electrons. The highest BCUT2D eigenvalue weighted by atomic mass is 35.5. The van der Waals surface area contributed by atoms with Crippen molar-refractivity contribution >= 4 is 23.3 Å². The van der Waals surface area contributed by atoms with E-state index < -0.39 is 0 Å². The summed E-state index contributed by atoms with van der Waals surface area (Å²) in [5.41, 5.74) is 1.85. The Morgan fingerprint density at radius 2 is 2.05 bits per heavy atom.